The van der Waals surface area contributed by atoms with Crippen LogP contribution in [0.25, 0.3) is 10.9 Å². The minimum Gasteiger partial charge on any atom is -0.496 e. The van der Waals surface area contributed by atoms with E-state index in [-0.39, 0.29) is 29.8 Å². The number of rotatable bonds is 7. The van der Waals surface area contributed by atoms with Gasteiger partial charge in [0.1, 0.15) is 11.6 Å². The van der Waals surface area contributed by atoms with Crippen LogP contribution in [-0.2, 0) is 16.1 Å². The number of para-hydroxylation sites is 1. The Morgan fingerprint density at radius 3 is 2.76 bits per heavy atom. The fourth-order valence-corrected chi connectivity index (χ4v) is 2.90. The summed E-state index contributed by atoms with van der Waals surface area (Å²) in [6.07, 6.45) is 1.26. The number of carbonyl (C=O) groups excluding carboxylic acids is 2. The molecule has 0 saturated carbocycles. The predicted molar refractivity (Wildman–Crippen MR) is 104 cm³/mol. The van der Waals surface area contributed by atoms with Gasteiger partial charge < -0.3 is 9.47 Å². The van der Waals surface area contributed by atoms with Gasteiger partial charge in [0, 0.05) is 6.54 Å². The first-order valence-corrected chi connectivity index (χ1v) is 8.88. The number of methoxy groups -OCH3 is 1. The number of nitrogens with zero attached hydrogens (tertiary/aromatic N) is 2. The van der Waals surface area contributed by atoms with Crippen molar-refractivity contribution in [2.24, 2.45) is 0 Å². The molecule has 0 atom stereocenters. The van der Waals surface area contributed by atoms with Crippen molar-refractivity contribution in [3.05, 3.63) is 70.0 Å². The average molecular weight is 398 g/mol. The Kier molecular flexibility index (Phi) is 6.01. The fraction of sp³-hybridized carbons (Fsp3) is 0.238. The number of aryl methyl sites for hydroxylation is 2. The van der Waals surface area contributed by atoms with Crippen LogP contribution in [-0.4, -0.2) is 35.0 Å². The number of Topliss-reactive ketones (excluding diaryl/α,β-unsaturated/α-hetero) is 1. The first-order valence-electron chi connectivity index (χ1n) is 8.88. The molecule has 8 heteroatoms. The van der Waals surface area contributed by atoms with Crippen LogP contribution >= 0.6 is 0 Å². The SMILES string of the molecule is COc1ccc(F)cc1C(=O)COC(=O)CCn1cnc2c(C)cccc2c1=O. The second-order valence-electron chi connectivity index (χ2n) is 6.39. The van der Waals surface area contributed by atoms with E-state index < -0.39 is 24.2 Å². The van der Waals surface area contributed by atoms with Crippen molar-refractivity contribution in [1.82, 2.24) is 9.55 Å². The molecule has 2 aromatic carbocycles. The minimum absolute atomic E-state index is 0.00869. The summed E-state index contributed by atoms with van der Waals surface area (Å²) in [5.74, 6) is -1.66. The Hall–Kier alpha value is -3.55. The molecule has 1 heterocycles. The molecule has 7 nitrogen and oxygen atoms in total. The molecule has 0 amide bonds. The number of ether oxygens (including phenoxy) is 2. The zero-order valence-electron chi connectivity index (χ0n) is 16.0. The van der Waals surface area contributed by atoms with Crippen molar-refractivity contribution < 1.29 is 23.5 Å². The Bertz CT molecular complexity index is 1140. The Morgan fingerprint density at radius 1 is 1.21 bits per heavy atom. The standard InChI is InChI=1S/C21H19FN2O5/c1-13-4-3-5-15-20(13)23-12-24(21(15)27)9-8-19(26)29-11-17(25)16-10-14(22)6-7-18(16)28-2/h3-7,10,12H,8-9,11H2,1-2H3. The largest absolute Gasteiger partial charge is 0.496 e. The highest BCUT2D eigenvalue weighted by atomic mass is 19.1. The van der Waals surface area contributed by atoms with Gasteiger partial charge in [-0.25, -0.2) is 9.37 Å². The summed E-state index contributed by atoms with van der Waals surface area (Å²) in [4.78, 5) is 41.0. The topological polar surface area (TPSA) is 87.5 Å². The third-order valence-corrected chi connectivity index (χ3v) is 4.44. The molecule has 0 fully saturated rings. The quantitative estimate of drug-likeness (QED) is 0.449. The lowest BCUT2D eigenvalue weighted by Crippen LogP contribution is -2.23. The number of hydrogen-bond acceptors (Lipinski definition) is 6. The Labute approximate surface area is 165 Å². The van der Waals surface area contributed by atoms with Crippen molar-refractivity contribution >= 4 is 22.7 Å². The highest BCUT2D eigenvalue weighted by molar-refractivity contribution is 6.00. The summed E-state index contributed by atoms with van der Waals surface area (Å²) in [6, 6.07) is 8.82. The summed E-state index contributed by atoms with van der Waals surface area (Å²) in [5.41, 5.74) is 1.24. The van der Waals surface area contributed by atoms with Crippen LogP contribution in [0.5, 0.6) is 5.75 Å². The van der Waals surface area contributed by atoms with E-state index in [0.717, 1.165) is 11.6 Å². The van der Waals surface area contributed by atoms with Gasteiger partial charge in [0.2, 0.25) is 5.78 Å². The summed E-state index contributed by atoms with van der Waals surface area (Å²) >= 11 is 0. The second-order valence-corrected chi connectivity index (χ2v) is 6.39. The lowest BCUT2D eigenvalue weighted by Gasteiger charge is -2.09. The van der Waals surface area contributed by atoms with E-state index in [9.17, 15) is 18.8 Å². The Morgan fingerprint density at radius 2 is 2.00 bits per heavy atom. The first kappa shape index (κ1) is 20.2. The van der Waals surface area contributed by atoms with E-state index in [1.54, 1.807) is 12.1 Å². The number of carbonyl (C=O) groups is 2. The molecule has 0 saturated heterocycles. The van der Waals surface area contributed by atoms with Crippen LogP contribution in [0.4, 0.5) is 4.39 Å². The van der Waals surface area contributed by atoms with E-state index >= 15 is 0 Å². The lowest BCUT2D eigenvalue weighted by molar-refractivity contribution is -0.142. The molecule has 29 heavy (non-hydrogen) atoms. The number of halogens is 1. The van der Waals surface area contributed by atoms with E-state index in [1.165, 1.54) is 30.1 Å². The third kappa shape index (κ3) is 4.48. The number of hydrogen-bond donors (Lipinski definition) is 0. The van der Waals surface area contributed by atoms with Crippen molar-refractivity contribution in [3.8, 4) is 5.75 Å². The second kappa shape index (κ2) is 8.64. The minimum atomic E-state index is -0.662. The number of fused-ring (bicyclic) bond motifs is 1. The van der Waals surface area contributed by atoms with Gasteiger partial charge in [-0.05, 0) is 36.8 Å². The van der Waals surface area contributed by atoms with Crippen LogP contribution in [0.2, 0.25) is 0 Å². The maximum absolute atomic E-state index is 13.4. The zero-order chi connectivity index (χ0) is 21.0. The van der Waals surface area contributed by atoms with Gasteiger partial charge in [-0.2, -0.15) is 0 Å². The molecule has 0 unspecified atom stereocenters. The number of benzene rings is 2. The summed E-state index contributed by atoms with van der Waals surface area (Å²) in [6.45, 7) is 1.37. The third-order valence-electron chi connectivity index (χ3n) is 4.44. The van der Waals surface area contributed by atoms with Crippen LogP contribution in [0.15, 0.2) is 47.5 Å². The summed E-state index contributed by atoms with van der Waals surface area (Å²) in [5, 5.41) is 0.467. The van der Waals surface area contributed by atoms with Gasteiger partial charge in [-0.15, -0.1) is 0 Å². The van der Waals surface area contributed by atoms with Gasteiger partial charge in [0.25, 0.3) is 5.56 Å². The van der Waals surface area contributed by atoms with Crippen molar-refractivity contribution in [1.29, 1.82) is 0 Å². The molecule has 150 valence electrons. The number of aromatic nitrogens is 2. The van der Waals surface area contributed by atoms with Crippen LogP contribution in [0.3, 0.4) is 0 Å². The van der Waals surface area contributed by atoms with E-state index in [2.05, 4.69) is 4.98 Å². The molecular weight excluding hydrogens is 379 g/mol. The summed E-state index contributed by atoms with van der Waals surface area (Å²) < 4.78 is 24.7. The maximum Gasteiger partial charge on any atom is 0.308 e. The normalized spacial score (nSPS) is 10.7. The predicted octanol–water partition coefficient (Wildman–Crippen LogP) is 2.67. The molecular formula is C21H19FN2O5. The molecule has 3 rings (SSSR count). The van der Waals surface area contributed by atoms with Gasteiger partial charge >= 0.3 is 5.97 Å². The van der Waals surface area contributed by atoms with Gasteiger partial charge in [0.05, 0.1) is 36.3 Å². The number of ketones is 1. The molecule has 0 aliphatic carbocycles. The van der Waals surface area contributed by atoms with Gasteiger partial charge in [0.15, 0.2) is 6.61 Å². The maximum atomic E-state index is 13.4. The van der Waals surface area contributed by atoms with Gasteiger partial charge in [-0.1, -0.05) is 12.1 Å². The molecule has 0 radical (unpaired) electrons. The lowest BCUT2D eigenvalue weighted by atomic mass is 10.1. The molecule has 3 aromatic rings. The Balaban J connectivity index is 1.62. The van der Waals surface area contributed by atoms with Crippen molar-refractivity contribution in [3.63, 3.8) is 0 Å². The molecule has 0 N–H and O–H groups in total. The van der Waals surface area contributed by atoms with Gasteiger partial charge in [-0.3, -0.25) is 19.0 Å². The molecule has 0 aliphatic heterocycles. The smallest absolute Gasteiger partial charge is 0.308 e. The number of esters is 1. The van der Waals surface area contributed by atoms with Crippen molar-refractivity contribution in [2.75, 3.05) is 13.7 Å². The van der Waals surface area contributed by atoms with E-state index in [1.807, 2.05) is 13.0 Å². The van der Waals surface area contributed by atoms with Crippen LogP contribution in [0.1, 0.15) is 22.3 Å². The average Bonchev–Trinajstić information content (AvgIpc) is 2.72. The zero-order valence-corrected chi connectivity index (χ0v) is 16.0. The molecule has 0 aliphatic rings. The van der Waals surface area contributed by atoms with Crippen molar-refractivity contribution in [2.45, 2.75) is 19.9 Å². The highest BCUT2D eigenvalue weighted by Gasteiger charge is 2.16. The molecule has 1 aromatic heterocycles. The summed E-state index contributed by atoms with van der Waals surface area (Å²) in [7, 11) is 1.35. The van der Waals surface area contributed by atoms with E-state index in [0.29, 0.717) is 10.9 Å². The molecule has 0 bridgehead atoms. The van der Waals surface area contributed by atoms with Crippen LogP contribution < -0.4 is 10.3 Å². The first-order chi connectivity index (χ1) is 13.9. The van der Waals surface area contributed by atoms with Crippen LogP contribution in [0, 0.1) is 12.7 Å². The molecule has 0 spiro atoms. The fourth-order valence-electron chi connectivity index (χ4n) is 2.90. The van der Waals surface area contributed by atoms with E-state index in [4.69, 9.17) is 9.47 Å². The highest BCUT2D eigenvalue weighted by Crippen LogP contribution is 2.20. The monoisotopic (exact) mass is 398 g/mol.